The van der Waals surface area contributed by atoms with Gasteiger partial charge in [-0.2, -0.15) is 0 Å². The van der Waals surface area contributed by atoms with Crippen LogP contribution in [0.25, 0.3) is 0 Å². The van der Waals surface area contributed by atoms with E-state index in [-0.39, 0.29) is 5.78 Å². The fraction of sp³-hybridized carbons (Fsp3) is 0.588. The molecule has 2 heteroatoms. The fourth-order valence-corrected chi connectivity index (χ4v) is 2.67. The van der Waals surface area contributed by atoms with E-state index in [1.807, 2.05) is 12.1 Å². The van der Waals surface area contributed by atoms with E-state index in [1.165, 1.54) is 31.4 Å². The zero-order chi connectivity index (χ0) is 13.5. The van der Waals surface area contributed by atoms with Crippen molar-refractivity contribution in [3.63, 3.8) is 0 Å². The van der Waals surface area contributed by atoms with Gasteiger partial charge in [0.05, 0.1) is 0 Å². The van der Waals surface area contributed by atoms with Crippen LogP contribution in [-0.4, -0.2) is 18.9 Å². The van der Waals surface area contributed by atoms with Crippen molar-refractivity contribution in [2.75, 3.05) is 18.0 Å². The van der Waals surface area contributed by atoms with E-state index in [0.29, 0.717) is 6.42 Å². The Labute approximate surface area is 116 Å². The molecule has 1 saturated heterocycles. The van der Waals surface area contributed by atoms with Gasteiger partial charge in [0.1, 0.15) is 0 Å². The molecule has 1 heterocycles. The quantitative estimate of drug-likeness (QED) is 0.729. The summed E-state index contributed by atoms with van der Waals surface area (Å²) in [7, 11) is 0. The predicted molar refractivity (Wildman–Crippen MR) is 81.0 cm³/mol. The summed E-state index contributed by atoms with van der Waals surface area (Å²) in [6.07, 6.45) is 8.03. The van der Waals surface area contributed by atoms with Gasteiger partial charge >= 0.3 is 0 Å². The first kappa shape index (κ1) is 14.1. The van der Waals surface area contributed by atoms with Crippen molar-refractivity contribution in [2.24, 2.45) is 0 Å². The van der Waals surface area contributed by atoms with Crippen molar-refractivity contribution in [2.45, 2.75) is 51.9 Å². The number of Topliss-reactive ketones (excluding diaryl/α,β-unsaturated/α-hetero) is 1. The number of carbonyl (C=O) groups is 1. The highest BCUT2D eigenvalue weighted by atomic mass is 16.1. The van der Waals surface area contributed by atoms with Crippen molar-refractivity contribution in [3.8, 4) is 0 Å². The number of benzene rings is 1. The largest absolute Gasteiger partial charge is 0.372 e. The van der Waals surface area contributed by atoms with Crippen LogP contribution in [0.5, 0.6) is 0 Å². The standard InChI is InChI=1S/C17H25NO/c1-2-3-8-17(19)15-9-11-16(12-10-15)18-13-6-4-5-7-14-18/h9-12H,2-8,13-14H2,1H3. The zero-order valence-electron chi connectivity index (χ0n) is 12.0. The van der Waals surface area contributed by atoms with Crippen molar-refractivity contribution in [3.05, 3.63) is 29.8 Å². The highest BCUT2D eigenvalue weighted by Crippen LogP contribution is 2.20. The number of ketones is 1. The number of anilines is 1. The van der Waals surface area contributed by atoms with Crippen LogP contribution in [0.3, 0.4) is 0 Å². The number of hydrogen-bond acceptors (Lipinski definition) is 2. The van der Waals surface area contributed by atoms with Crippen LogP contribution >= 0.6 is 0 Å². The summed E-state index contributed by atoms with van der Waals surface area (Å²) < 4.78 is 0. The second-order valence-corrected chi connectivity index (χ2v) is 5.47. The lowest BCUT2D eigenvalue weighted by atomic mass is 10.1. The molecule has 1 aliphatic heterocycles. The van der Waals surface area contributed by atoms with Crippen LogP contribution < -0.4 is 4.90 Å². The molecule has 2 rings (SSSR count). The van der Waals surface area contributed by atoms with Crippen LogP contribution in [0.15, 0.2) is 24.3 Å². The zero-order valence-corrected chi connectivity index (χ0v) is 12.0. The number of rotatable bonds is 5. The van der Waals surface area contributed by atoms with Gasteiger partial charge in [-0.05, 0) is 43.5 Å². The highest BCUT2D eigenvalue weighted by molar-refractivity contribution is 5.96. The molecule has 0 atom stereocenters. The monoisotopic (exact) mass is 259 g/mol. The molecule has 1 aromatic carbocycles. The Morgan fingerprint density at radius 3 is 2.26 bits per heavy atom. The highest BCUT2D eigenvalue weighted by Gasteiger charge is 2.11. The van der Waals surface area contributed by atoms with Crippen LogP contribution in [-0.2, 0) is 0 Å². The predicted octanol–water partition coefficient (Wildman–Crippen LogP) is 4.44. The summed E-state index contributed by atoms with van der Waals surface area (Å²) >= 11 is 0. The van der Waals surface area contributed by atoms with Gasteiger partial charge in [-0.15, -0.1) is 0 Å². The summed E-state index contributed by atoms with van der Waals surface area (Å²) in [5.74, 6) is 0.282. The van der Waals surface area contributed by atoms with E-state index in [4.69, 9.17) is 0 Å². The van der Waals surface area contributed by atoms with Crippen LogP contribution in [0.2, 0.25) is 0 Å². The normalized spacial score (nSPS) is 16.2. The maximum absolute atomic E-state index is 11.9. The molecule has 0 aliphatic carbocycles. The van der Waals surface area contributed by atoms with Gasteiger partial charge in [0.2, 0.25) is 0 Å². The molecule has 0 saturated carbocycles. The third-order valence-corrected chi connectivity index (χ3v) is 3.92. The van der Waals surface area contributed by atoms with Crippen LogP contribution in [0, 0.1) is 0 Å². The first-order valence-electron chi connectivity index (χ1n) is 7.69. The van der Waals surface area contributed by atoms with E-state index >= 15 is 0 Å². The smallest absolute Gasteiger partial charge is 0.162 e. The summed E-state index contributed by atoms with van der Waals surface area (Å²) in [5, 5.41) is 0. The van der Waals surface area contributed by atoms with Gasteiger partial charge in [-0.3, -0.25) is 4.79 Å². The van der Waals surface area contributed by atoms with E-state index in [2.05, 4.69) is 24.0 Å². The molecular formula is C17H25NO. The molecule has 0 N–H and O–H groups in total. The van der Waals surface area contributed by atoms with Gasteiger partial charge in [0.15, 0.2) is 5.78 Å². The van der Waals surface area contributed by atoms with Crippen molar-refractivity contribution in [1.29, 1.82) is 0 Å². The Hall–Kier alpha value is -1.31. The van der Waals surface area contributed by atoms with Crippen molar-refractivity contribution >= 4 is 11.5 Å². The summed E-state index contributed by atoms with van der Waals surface area (Å²) in [6.45, 7) is 4.43. The fourth-order valence-electron chi connectivity index (χ4n) is 2.67. The summed E-state index contributed by atoms with van der Waals surface area (Å²) in [4.78, 5) is 14.4. The third-order valence-electron chi connectivity index (χ3n) is 3.92. The van der Waals surface area contributed by atoms with E-state index in [0.717, 1.165) is 31.5 Å². The minimum absolute atomic E-state index is 0.282. The summed E-state index contributed by atoms with van der Waals surface area (Å²) in [5.41, 5.74) is 2.14. The minimum atomic E-state index is 0.282. The maximum atomic E-state index is 11.9. The molecular weight excluding hydrogens is 234 g/mol. The van der Waals surface area contributed by atoms with Gasteiger partial charge in [-0.25, -0.2) is 0 Å². The Kier molecular flexibility index (Phi) is 5.44. The Balaban J connectivity index is 1.98. The summed E-state index contributed by atoms with van der Waals surface area (Å²) in [6, 6.07) is 8.23. The average molecular weight is 259 g/mol. The van der Waals surface area contributed by atoms with Gasteiger partial charge < -0.3 is 4.90 Å². The van der Waals surface area contributed by atoms with E-state index in [1.54, 1.807) is 0 Å². The third kappa shape index (κ3) is 4.09. The van der Waals surface area contributed by atoms with E-state index in [9.17, 15) is 4.79 Å². The molecule has 19 heavy (non-hydrogen) atoms. The molecule has 104 valence electrons. The molecule has 2 nitrogen and oxygen atoms in total. The Morgan fingerprint density at radius 2 is 1.68 bits per heavy atom. The number of carbonyl (C=O) groups excluding carboxylic acids is 1. The first-order valence-corrected chi connectivity index (χ1v) is 7.69. The lowest BCUT2D eigenvalue weighted by Crippen LogP contribution is -2.23. The maximum Gasteiger partial charge on any atom is 0.162 e. The number of nitrogens with zero attached hydrogens (tertiary/aromatic N) is 1. The second-order valence-electron chi connectivity index (χ2n) is 5.47. The molecule has 0 spiro atoms. The molecule has 1 fully saturated rings. The second kappa shape index (κ2) is 7.32. The van der Waals surface area contributed by atoms with Gasteiger partial charge in [0.25, 0.3) is 0 Å². The minimum Gasteiger partial charge on any atom is -0.372 e. The number of hydrogen-bond donors (Lipinski definition) is 0. The topological polar surface area (TPSA) is 20.3 Å². The van der Waals surface area contributed by atoms with Crippen molar-refractivity contribution < 1.29 is 4.79 Å². The molecule has 0 radical (unpaired) electrons. The Bertz CT molecular complexity index is 388. The van der Waals surface area contributed by atoms with Crippen molar-refractivity contribution in [1.82, 2.24) is 0 Å². The first-order chi connectivity index (χ1) is 9.31. The molecule has 0 aromatic heterocycles. The van der Waals surface area contributed by atoms with Crippen LogP contribution in [0.1, 0.15) is 62.2 Å². The van der Waals surface area contributed by atoms with Gasteiger partial charge in [-0.1, -0.05) is 26.2 Å². The lowest BCUT2D eigenvalue weighted by molar-refractivity contribution is 0.0980. The van der Waals surface area contributed by atoms with Crippen LogP contribution in [0.4, 0.5) is 5.69 Å². The number of unbranched alkanes of at least 4 members (excludes halogenated alkanes) is 1. The molecule has 0 unspecified atom stereocenters. The SMILES string of the molecule is CCCCC(=O)c1ccc(N2CCCCCC2)cc1. The van der Waals surface area contributed by atoms with Gasteiger partial charge in [0, 0.05) is 30.8 Å². The Morgan fingerprint density at radius 1 is 1.05 bits per heavy atom. The molecule has 0 bridgehead atoms. The average Bonchev–Trinajstić information content (AvgIpc) is 2.74. The molecule has 1 aromatic rings. The molecule has 1 aliphatic rings. The van der Waals surface area contributed by atoms with E-state index < -0.39 is 0 Å². The lowest BCUT2D eigenvalue weighted by Gasteiger charge is -2.22. The molecule has 0 amide bonds.